The van der Waals surface area contributed by atoms with E-state index in [1.807, 2.05) is 12.2 Å². The van der Waals surface area contributed by atoms with Gasteiger partial charge >= 0.3 is 16.3 Å². The average molecular weight is 584 g/mol. The molecule has 0 bridgehead atoms. The van der Waals surface area contributed by atoms with Crippen LogP contribution < -0.4 is 15.4 Å². The molecule has 0 radical (unpaired) electrons. The van der Waals surface area contributed by atoms with Gasteiger partial charge in [-0.25, -0.2) is 9.52 Å². The van der Waals surface area contributed by atoms with Crippen LogP contribution in [0.25, 0.3) is 0 Å². The molecule has 1 saturated heterocycles. The number of hydrogen-bond donors (Lipinski definition) is 3. The van der Waals surface area contributed by atoms with E-state index in [1.165, 1.54) is 11.9 Å². The smallest absolute Gasteiger partial charge is 0.408 e. The molecule has 0 aromatic heterocycles. The van der Waals surface area contributed by atoms with E-state index in [4.69, 9.17) is 4.74 Å². The van der Waals surface area contributed by atoms with Crippen molar-refractivity contribution in [2.75, 3.05) is 13.6 Å². The Morgan fingerprint density at radius 3 is 2.50 bits per heavy atom. The van der Waals surface area contributed by atoms with Gasteiger partial charge in [0.05, 0.1) is 0 Å². The van der Waals surface area contributed by atoms with Crippen molar-refractivity contribution in [1.82, 2.24) is 24.6 Å². The molecule has 12 nitrogen and oxygen atoms in total. The highest BCUT2D eigenvalue weighted by atomic mass is 32.2. The molecule has 0 aromatic carbocycles. The van der Waals surface area contributed by atoms with Gasteiger partial charge in [-0.2, -0.15) is 12.7 Å². The molecule has 0 aromatic rings. The number of hydrogen-bond acceptors (Lipinski definition) is 7. The monoisotopic (exact) mass is 583 g/mol. The molecule has 2 aliphatic heterocycles. The number of fused-ring (bicyclic) bond motifs is 2. The number of amides is 4. The minimum absolute atomic E-state index is 0.255. The summed E-state index contributed by atoms with van der Waals surface area (Å²) in [5, 5.41) is 5.51. The topological polar surface area (TPSA) is 154 Å². The Morgan fingerprint density at radius 2 is 1.85 bits per heavy atom. The van der Waals surface area contributed by atoms with E-state index in [2.05, 4.69) is 15.4 Å². The van der Waals surface area contributed by atoms with E-state index >= 15 is 0 Å². The van der Waals surface area contributed by atoms with Gasteiger partial charge in [-0.05, 0) is 73.1 Å². The Kier molecular flexibility index (Phi) is 9.92. The van der Waals surface area contributed by atoms with E-state index in [-0.39, 0.29) is 24.3 Å². The van der Waals surface area contributed by atoms with Gasteiger partial charge < -0.3 is 20.3 Å². The quantitative estimate of drug-likeness (QED) is 0.418. The zero-order valence-corrected chi connectivity index (χ0v) is 25.3. The number of allylic oxidation sites excluding steroid dienone is 1. The maximum atomic E-state index is 13.6. The number of ether oxygens (including phenoxy) is 1. The highest BCUT2D eigenvalue weighted by Gasteiger charge is 2.61. The summed E-state index contributed by atoms with van der Waals surface area (Å²) < 4.78 is 34.1. The number of carbonyl (C=O) groups excluding carboxylic acids is 4. The van der Waals surface area contributed by atoms with Crippen molar-refractivity contribution in [3.05, 3.63) is 12.2 Å². The number of alkyl carbamates (subject to hydrolysis) is 1. The third kappa shape index (κ3) is 7.74. The first-order valence-corrected chi connectivity index (χ1v) is 15.6. The second kappa shape index (κ2) is 12.5. The third-order valence-electron chi connectivity index (χ3n) is 7.65. The maximum absolute atomic E-state index is 13.6. The molecule has 1 saturated carbocycles. The lowest BCUT2D eigenvalue weighted by Crippen LogP contribution is -2.59. The van der Waals surface area contributed by atoms with Crippen molar-refractivity contribution in [3.8, 4) is 0 Å². The van der Waals surface area contributed by atoms with Crippen LogP contribution in [0.3, 0.4) is 0 Å². The van der Waals surface area contributed by atoms with Gasteiger partial charge in [-0.15, -0.1) is 0 Å². The lowest BCUT2D eigenvalue weighted by molar-refractivity contribution is -0.141. The number of rotatable bonds is 5. The van der Waals surface area contributed by atoms with Crippen LogP contribution in [0.2, 0.25) is 0 Å². The molecule has 3 aliphatic rings. The van der Waals surface area contributed by atoms with Crippen LogP contribution in [-0.4, -0.2) is 84.3 Å². The predicted octanol–water partition coefficient (Wildman–Crippen LogP) is 1.97. The Bertz CT molecular complexity index is 1120. The minimum atomic E-state index is -4.12. The highest BCUT2D eigenvalue weighted by Crippen LogP contribution is 2.45. The van der Waals surface area contributed by atoms with Crippen LogP contribution in [0.1, 0.15) is 86.0 Å². The summed E-state index contributed by atoms with van der Waals surface area (Å²) in [4.78, 5) is 54.6. The number of nitrogens with one attached hydrogen (secondary N) is 3. The van der Waals surface area contributed by atoms with Gasteiger partial charge in [-0.3, -0.25) is 14.4 Å². The molecule has 2 fully saturated rings. The lowest BCUT2D eigenvalue weighted by Gasteiger charge is -2.31. The zero-order valence-electron chi connectivity index (χ0n) is 24.5. The molecule has 3 rings (SSSR count). The SMILES string of the molecule is CC(C)N(C)S(=O)(=O)NC(=O)[C@@]12C[C@H]1/C=C\CCCCC[C@H](NC(=O)OC(C)(C)C)C(=O)N1CCC[C@H]1C(=O)N2. The highest BCUT2D eigenvalue weighted by molar-refractivity contribution is 7.87. The average Bonchev–Trinajstić information content (AvgIpc) is 3.30. The van der Waals surface area contributed by atoms with Gasteiger partial charge in [0.1, 0.15) is 23.2 Å². The third-order valence-corrected chi connectivity index (χ3v) is 9.28. The van der Waals surface area contributed by atoms with E-state index in [0.717, 1.165) is 23.6 Å². The largest absolute Gasteiger partial charge is 0.444 e. The summed E-state index contributed by atoms with van der Waals surface area (Å²) >= 11 is 0. The van der Waals surface area contributed by atoms with Crippen LogP contribution in [0.15, 0.2) is 12.2 Å². The second-order valence-electron chi connectivity index (χ2n) is 12.3. The van der Waals surface area contributed by atoms with Crippen molar-refractivity contribution in [2.45, 2.75) is 115 Å². The van der Waals surface area contributed by atoms with Gasteiger partial charge in [0, 0.05) is 25.6 Å². The first-order chi connectivity index (χ1) is 18.6. The molecular formula is C27H45N5O7S. The van der Waals surface area contributed by atoms with Crippen molar-refractivity contribution in [2.24, 2.45) is 5.92 Å². The van der Waals surface area contributed by atoms with Gasteiger partial charge in [0.25, 0.3) is 5.91 Å². The minimum Gasteiger partial charge on any atom is -0.444 e. The van der Waals surface area contributed by atoms with E-state index in [0.29, 0.717) is 32.2 Å². The maximum Gasteiger partial charge on any atom is 0.408 e. The van der Waals surface area contributed by atoms with Crippen LogP contribution in [0, 0.1) is 5.92 Å². The van der Waals surface area contributed by atoms with E-state index in [1.54, 1.807) is 34.6 Å². The molecule has 13 heteroatoms. The van der Waals surface area contributed by atoms with Gasteiger partial charge in [0.15, 0.2) is 0 Å². The number of nitrogens with zero attached hydrogens (tertiary/aromatic N) is 2. The summed E-state index contributed by atoms with van der Waals surface area (Å²) in [5.74, 6) is -2.05. The molecule has 226 valence electrons. The normalized spacial score (nSPS) is 29.0. The standard InChI is InChI=1S/C27H45N5O7S/c1-18(2)31(6)40(37,38)30-24(35)27-17-19(27)13-10-8-7-9-11-14-20(28-25(36)39-26(3,4)5)23(34)32-16-12-15-21(32)22(33)29-27/h10,13,18-21H,7-9,11-12,14-17H2,1-6H3,(H,28,36)(H,29,33)(H,30,35)/b13-10-/t19-,20+,21+,27-/m1/s1. The fraction of sp³-hybridized carbons (Fsp3) is 0.778. The zero-order chi connectivity index (χ0) is 29.9. The molecule has 1 aliphatic carbocycles. The lowest BCUT2D eigenvalue weighted by atomic mass is 10.0. The Hall–Kier alpha value is -2.67. The number of carbonyl (C=O) groups is 4. The molecule has 4 atom stereocenters. The molecule has 0 spiro atoms. The molecule has 0 unspecified atom stereocenters. The fourth-order valence-corrected chi connectivity index (χ4v) is 6.22. The summed E-state index contributed by atoms with van der Waals surface area (Å²) in [6, 6.07) is -2.07. The molecule has 40 heavy (non-hydrogen) atoms. The van der Waals surface area contributed by atoms with E-state index < -0.39 is 51.3 Å². The fourth-order valence-electron chi connectivity index (χ4n) is 5.10. The Morgan fingerprint density at radius 1 is 1.15 bits per heavy atom. The predicted molar refractivity (Wildman–Crippen MR) is 149 cm³/mol. The van der Waals surface area contributed by atoms with Gasteiger partial charge in [0.2, 0.25) is 11.8 Å². The van der Waals surface area contributed by atoms with Crippen LogP contribution >= 0.6 is 0 Å². The summed E-state index contributed by atoms with van der Waals surface area (Å²) in [6.45, 7) is 8.92. The summed E-state index contributed by atoms with van der Waals surface area (Å²) in [5.41, 5.74) is -2.16. The van der Waals surface area contributed by atoms with Crippen LogP contribution in [0.4, 0.5) is 4.79 Å². The van der Waals surface area contributed by atoms with E-state index in [9.17, 15) is 27.6 Å². The Balaban J connectivity index is 1.85. The van der Waals surface area contributed by atoms with Crippen molar-refractivity contribution >= 4 is 34.0 Å². The van der Waals surface area contributed by atoms with Crippen LogP contribution in [-0.2, 0) is 29.3 Å². The van der Waals surface area contributed by atoms with Crippen molar-refractivity contribution in [1.29, 1.82) is 0 Å². The van der Waals surface area contributed by atoms with Gasteiger partial charge in [-0.1, -0.05) is 25.0 Å². The van der Waals surface area contributed by atoms with Crippen LogP contribution in [0.5, 0.6) is 0 Å². The Labute approximate surface area is 237 Å². The molecule has 3 N–H and O–H groups in total. The summed E-state index contributed by atoms with van der Waals surface area (Å²) in [7, 11) is -2.74. The molecule has 2 heterocycles. The molecule has 4 amide bonds. The van der Waals surface area contributed by atoms with Crippen molar-refractivity contribution in [3.63, 3.8) is 0 Å². The first-order valence-electron chi connectivity index (χ1n) is 14.2. The summed E-state index contributed by atoms with van der Waals surface area (Å²) in [6.07, 6.45) is 7.83. The first kappa shape index (κ1) is 31.9. The second-order valence-corrected chi connectivity index (χ2v) is 14.0. The van der Waals surface area contributed by atoms with Crippen molar-refractivity contribution < 1.29 is 32.3 Å². The molecular weight excluding hydrogens is 538 g/mol.